The Hall–Kier alpha value is -0.770. The van der Waals surface area contributed by atoms with Gasteiger partial charge in [-0.1, -0.05) is 26.2 Å². The summed E-state index contributed by atoms with van der Waals surface area (Å²) in [6, 6.07) is 0.572. The van der Waals surface area contributed by atoms with Crippen LogP contribution in [0.2, 0.25) is 0 Å². The van der Waals surface area contributed by atoms with Crippen molar-refractivity contribution < 1.29 is 9.53 Å². The Morgan fingerprint density at radius 2 is 1.87 bits per heavy atom. The lowest BCUT2D eigenvalue weighted by Gasteiger charge is -2.35. The largest absolute Gasteiger partial charge is 0.444 e. The van der Waals surface area contributed by atoms with Gasteiger partial charge in [0.15, 0.2) is 0 Å². The normalized spacial score (nSPS) is 24.7. The molecule has 4 heteroatoms. The Morgan fingerprint density at radius 1 is 1.17 bits per heavy atom. The van der Waals surface area contributed by atoms with Crippen molar-refractivity contribution >= 4 is 6.09 Å². The predicted octanol–water partition coefficient (Wildman–Crippen LogP) is 4.19. The molecule has 0 aromatic heterocycles. The first-order chi connectivity index (χ1) is 10.9. The molecular weight excluding hydrogens is 288 g/mol. The molecule has 2 unspecified atom stereocenters. The number of carbonyl (C=O) groups excluding carboxylic acids is 1. The number of rotatable bonds is 5. The SMILES string of the molecule is CCCNC(C1CCCCC1)C1CCN(C(=O)OC(C)(C)C)C1. The van der Waals surface area contributed by atoms with Crippen LogP contribution in [0.4, 0.5) is 4.79 Å². The quantitative estimate of drug-likeness (QED) is 0.824. The molecule has 2 fully saturated rings. The summed E-state index contributed by atoms with van der Waals surface area (Å²) in [4.78, 5) is 14.2. The van der Waals surface area contributed by atoms with E-state index in [1.165, 1.54) is 38.5 Å². The minimum atomic E-state index is -0.404. The van der Waals surface area contributed by atoms with Gasteiger partial charge in [0.2, 0.25) is 0 Å². The van der Waals surface area contributed by atoms with Gasteiger partial charge in [0, 0.05) is 19.1 Å². The molecule has 0 aromatic carbocycles. The summed E-state index contributed by atoms with van der Waals surface area (Å²) in [5, 5.41) is 3.81. The molecule has 1 N–H and O–H groups in total. The van der Waals surface area contributed by atoms with Crippen LogP contribution in [-0.4, -0.2) is 42.3 Å². The maximum absolute atomic E-state index is 12.3. The van der Waals surface area contributed by atoms with Crippen molar-refractivity contribution in [3.05, 3.63) is 0 Å². The summed E-state index contributed by atoms with van der Waals surface area (Å²) in [5.41, 5.74) is -0.404. The molecule has 2 rings (SSSR count). The van der Waals surface area contributed by atoms with Crippen LogP contribution in [0.25, 0.3) is 0 Å². The van der Waals surface area contributed by atoms with Gasteiger partial charge >= 0.3 is 6.09 Å². The zero-order valence-electron chi connectivity index (χ0n) is 15.6. The Kier molecular flexibility index (Phi) is 6.75. The molecular formula is C19H36N2O2. The Bertz CT molecular complexity index is 372. The van der Waals surface area contributed by atoms with E-state index in [1.807, 2.05) is 25.7 Å². The first kappa shape index (κ1) is 18.6. The van der Waals surface area contributed by atoms with Crippen LogP contribution in [-0.2, 0) is 4.74 Å². The van der Waals surface area contributed by atoms with Crippen LogP contribution in [0.3, 0.4) is 0 Å². The van der Waals surface area contributed by atoms with Crippen LogP contribution in [0, 0.1) is 11.8 Å². The maximum Gasteiger partial charge on any atom is 0.410 e. The summed E-state index contributed by atoms with van der Waals surface area (Å²) in [6.45, 7) is 10.8. The van der Waals surface area contributed by atoms with Crippen molar-refractivity contribution in [2.24, 2.45) is 11.8 Å². The zero-order chi connectivity index (χ0) is 16.9. The van der Waals surface area contributed by atoms with Gasteiger partial charge in [-0.15, -0.1) is 0 Å². The maximum atomic E-state index is 12.3. The van der Waals surface area contributed by atoms with Gasteiger partial charge in [0.05, 0.1) is 0 Å². The van der Waals surface area contributed by atoms with E-state index in [0.717, 1.165) is 32.0 Å². The Morgan fingerprint density at radius 3 is 2.48 bits per heavy atom. The van der Waals surface area contributed by atoms with Gasteiger partial charge in [-0.3, -0.25) is 0 Å². The number of nitrogens with zero attached hydrogens (tertiary/aromatic N) is 1. The van der Waals surface area contributed by atoms with Crippen LogP contribution >= 0.6 is 0 Å². The molecule has 1 saturated carbocycles. The lowest BCUT2D eigenvalue weighted by atomic mass is 9.78. The van der Waals surface area contributed by atoms with Gasteiger partial charge in [-0.2, -0.15) is 0 Å². The molecule has 0 aromatic rings. The second-order valence-electron chi connectivity index (χ2n) is 8.35. The number of likely N-dealkylation sites (tertiary alicyclic amines) is 1. The van der Waals surface area contributed by atoms with E-state index in [9.17, 15) is 4.79 Å². The minimum Gasteiger partial charge on any atom is -0.444 e. The molecule has 2 aliphatic rings. The van der Waals surface area contributed by atoms with Crippen LogP contribution in [0.5, 0.6) is 0 Å². The van der Waals surface area contributed by atoms with Crippen LogP contribution in [0.1, 0.15) is 72.6 Å². The first-order valence-corrected chi connectivity index (χ1v) is 9.62. The summed E-state index contributed by atoms with van der Waals surface area (Å²) in [6.07, 6.45) is 8.98. The Balaban J connectivity index is 1.93. The summed E-state index contributed by atoms with van der Waals surface area (Å²) in [7, 11) is 0. The zero-order valence-corrected chi connectivity index (χ0v) is 15.6. The van der Waals surface area contributed by atoms with Gasteiger partial charge in [0.25, 0.3) is 0 Å². The molecule has 23 heavy (non-hydrogen) atoms. The summed E-state index contributed by atoms with van der Waals surface area (Å²) < 4.78 is 5.54. The van der Waals surface area contributed by atoms with Gasteiger partial charge in [-0.25, -0.2) is 4.79 Å². The fraction of sp³-hybridized carbons (Fsp3) is 0.947. The first-order valence-electron chi connectivity index (χ1n) is 9.62. The van der Waals surface area contributed by atoms with E-state index in [0.29, 0.717) is 12.0 Å². The molecule has 4 nitrogen and oxygen atoms in total. The van der Waals surface area contributed by atoms with E-state index in [2.05, 4.69) is 12.2 Å². The standard InChI is InChI=1S/C19H36N2O2/c1-5-12-20-17(15-9-7-6-8-10-15)16-11-13-21(14-16)18(22)23-19(2,3)4/h15-17,20H,5-14H2,1-4H3. The number of carbonyl (C=O) groups is 1. The lowest BCUT2D eigenvalue weighted by molar-refractivity contribution is 0.0282. The average Bonchev–Trinajstić information content (AvgIpc) is 2.97. The van der Waals surface area contributed by atoms with E-state index < -0.39 is 5.60 Å². The van der Waals surface area contributed by atoms with Crippen molar-refractivity contribution in [1.29, 1.82) is 0 Å². The fourth-order valence-corrected chi connectivity index (χ4v) is 4.10. The summed E-state index contributed by atoms with van der Waals surface area (Å²) in [5.74, 6) is 1.37. The molecule has 134 valence electrons. The highest BCUT2D eigenvalue weighted by Gasteiger charge is 2.37. The number of amides is 1. The molecule has 1 aliphatic carbocycles. The fourth-order valence-electron chi connectivity index (χ4n) is 4.10. The molecule has 0 radical (unpaired) electrons. The van der Waals surface area contributed by atoms with Gasteiger partial charge in [0.1, 0.15) is 5.60 Å². The van der Waals surface area contributed by atoms with Crippen LogP contribution < -0.4 is 5.32 Å². The monoisotopic (exact) mass is 324 g/mol. The second-order valence-corrected chi connectivity index (χ2v) is 8.35. The van der Waals surface area contributed by atoms with Crippen molar-refractivity contribution in [1.82, 2.24) is 10.2 Å². The van der Waals surface area contributed by atoms with Crippen molar-refractivity contribution in [2.75, 3.05) is 19.6 Å². The smallest absolute Gasteiger partial charge is 0.410 e. The molecule has 1 heterocycles. The molecule has 1 aliphatic heterocycles. The third kappa shape index (κ3) is 5.66. The number of nitrogens with one attached hydrogen (secondary N) is 1. The average molecular weight is 325 g/mol. The van der Waals surface area contributed by atoms with E-state index in [1.54, 1.807) is 0 Å². The molecule has 1 amide bonds. The van der Waals surface area contributed by atoms with Crippen molar-refractivity contribution in [2.45, 2.75) is 84.3 Å². The third-order valence-electron chi connectivity index (χ3n) is 5.17. The van der Waals surface area contributed by atoms with E-state index in [4.69, 9.17) is 4.74 Å². The third-order valence-corrected chi connectivity index (χ3v) is 5.17. The van der Waals surface area contributed by atoms with Gasteiger partial charge < -0.3 is 15.0 Å². The highest BCUT2D eigenvalue weighted by atomic mass is 16.6. The van der Waals surface area contributed by atoms with Crippen LogP contribution in [0.15, 0.2) is 0 Å². The minimum absolute atomic E-state index is 0.141. The highest BCUT2D eigenvalue weighted by Crippen LogP contribution is 2.33. The molecule has 2 atom stereocenters. The number of ether oxygens (including phenoxy) is 1. The highest BCUT2D eigenvalue weighted by molar-refractivity contribution is 5.68. The predicted molar refractivity (Wildman–Crippen MR) is 94.6 cm³/mol. The molecule has 0 spiro atoms. The van der Waals surface area contributed by atoms with Crippen molar-refractivity contribution in [3.63, 3.8) is 0 Å². The summed E-state index contributed by atoms with van der Waals surface area (Å²) >= 11 is 0. The van der Waals surface area contributed by atoms with E-state index >= 15 is 0 Å². The molecule has 0 bridgehead atoms. The second kappa shape index (κ2) is 8.36. The number of hydrogen-bond acceptors (Lipinski definition) is 3. The van der Waals surface area contributed by atoms with Crippen molar-refractivity contribution in [3.8, 4) is 0 Å². The number of hydrogen-bond donors (Lipinski definition) is 1. The van der Waals surface area contributed by atoms with Gasteiger partial charge in [-0.05, 0) is 64.8 Å². The Labute approximate surface area is 142 Å². The van der Waals surface area contributed by atoms with E-state index in [-0.39, 0.29) is 6.09 Å². The topological polar surface area (TPSA) is 41.6 Å². The lowest BCUT2D eigenvalue weighted by Crippen LogP contribution is -2.45. The molecule has 1 saturated heterocycles.